The van der Waals surface area contributed by atoms with Crippen LogP contribution < -0.4 is 38.9 Å². The van der Waals surface area contributed by atoms with Gasteiger partial charge in [0.25, 0.3) is 0 Å². The van der Waals surface area contributed by atoms with Crippen molar-refractivity contribution >= 4 is 46.5 Å². The van der Waals surface area contributed by atoms with Crippen molar-refractivity contribution in [3.05, 3.63) is 36.0 Å². The summed E-state index contributed by atoms with van der Waals surface area (Å²) in [5, 5.41) is 18.2. The summed E-state index contributed by atoms with van der Waals surface area (Å²) in [5.41, 5.74) is 23.0. The number of fused-ring (bicyclic) bond motifs is 1. The second-order valence-corrected chi connectivity index (χ2v) is 10.4. The number of carboxylic acids is 1. The van der Waals surface area contributed by atoms with Gasteiger partial charge in [-0.1, -0.05) is 32.0 Å². The number of carbonyl (C=O) groups is 5. The maximum Gasteiger partial charge on any atom is 0.326 e. The summed E-state index contributed by atoms with van der Waals surface area (Å²) in [6.07, 6.45) is 1.83. The summed E-state index contributed by atoms with van der Waals surface area (Å²) in [4.78, 5) is 69.6. The second kappa shape index (κ2) is 16.0. The van der Waals surface area contributed by atoms with Crippen molar-refractivity contribution in [2.24, 2.45) is 33.8 Å². The Morgan fingerprint density at radius 1 is 0.929 bits per heavy atom. The Morgan fingerprint density at radius 2 is 1.55 bits per heavy atom. The van der Waals surface area contributed by atoms with E-state index in [0.29, 0.717) is 5.56 Å². The van der Waals surface area contributed by atoms with Gasteiger partial charge in [0.15, 0.2) is 5.96 Å². The molecular weight excluding hydrogens is 546 g/mol. The highest BCUT2D eigenvalue weighted by Crippen LogP contribution is 2.19. The van der Waals surface area contributed by atoms with Crippen LogP contribution in [0.2, 0.25) is 0 Å². The first-order valence-corrected chi connectivity index (χ1v) is 13.6. The number of nitrogens with two attached hydrogens (primary N) is 4. The lowest BCUT2D eigenvalue weighted by molar-refractivity contribution is -0.142. The molecule has 230 valence electrons. The maximum absolute atomic E-state index is 13.5. The van der Waals surface area contributed by atoms with Gasteiger partial charge >= 0.3 is 5.97 Å². The Bertz CT molecular complexity index is 1290. The fourth-order valence-corrected chi connectivity index (χ4v) is 4.33. The number of aromatic amines is 1. The van der Waals surface area contributed by atoms with Crippen molar-refractivity contribution in [2.45, 2.75) is 70.1 Å². The lowest BCUT2D eigenvalue weighted by Crippen LogP contribution is -2.58. The molecule has 0 saturated carbocycles. The van der Waals surface area contributed by atoms with Crippen molar-refractivity contribution in [1.82, 2.24) is 20.9 Å². The minimum absolute atomic E-state index is 0.0193. The number of guanidine groups is 1. The van der Waals surface area contributed by atoms with Gasteiger partial charge in [0.05, 0.1) is 12.5 Å². The Kier molecular flexibility index (Phi) is 12.7. The van der Waals surface area contributed by atoms with Crippen molar-refractivity contribution in [1.29, 1.82) is 0 Å². The number of carboxylic acid groups (broad SMARTS) is 1. The van der Waals surface area contributed by atoms with E-state index in [1.54, 1.807) is 6.20 Å². The molecule has 4 amide bonds. The van der Waals surface area contributed by atoms with Crippen molar-refractivity contribution in [3.63, 3.8) is 0 Å². The van der Waals surface area contributed by atoms with Crippen molar-refractivity contribution < 1.29 is 29.1 Å². The Balaban J connectivity index is 2.30. The molecule has 42 heavy (non-hydrogen) atoms. The fraction of sp³-hybridized carbons (Fsp3) is 0.481. The van der Waals surface area contributed by atoms with Crippen molar-refractivity contribution in [3.8, 4) is 0 Å². The highest BCUT2D eigenvalue weighted by atomic mass is 16.4. The zero-order chi connectivity index (χ0) is 31.4. The average molecular weight is 588 g/mol. The van der Waals surface area contributed by atoms with E-state index in [9.17, 15) is 29.1 Å². The third-order valence-corrected chi connectivity index (χ3v) is 6.39. The van der Waals surface area contributed by atoms with E-state index in [4.69, 9.17) is 22.9 Å². The molecule has 0 fully saturated rings. The molecule has 0 aliphatic heterocycles. The number of aliphatic imine (C=N–C) groups is 1. The van der Waals surface area contributed by atoms with E-state index in [-0.39, 0.29) is 44.1 Å². The topological polar surface area (TPSA) is 274 Å². The van der Waals surface area contributed by atoms with Crippen LogP contribution in [0.25, 0.3) is 10.9 Å². The molecule has 2 rings (SSSR count). The molecule has 0 bridgehead atoms. The van der Waals surface area contributed by atoms with Crippen molar-refractivity contribution in [2.75, 3.05) is 6.54 Å². The molecule has 1 heterocycles. The number of rotatable bonds is 17. The number of nitrogens with zero attached hydrogens (tertiary/aromatic N) is 1. The monoisotopic (exact) mass is 587 g/mol. The van der Waals surface area contributed by atoms with Gasteiger partial charge in [-0.05, 0) is 36.8 Å². The molecule has 0 spiro atoms. The molecule has 0 saturated heterocycles. The zero-order valence-corrected chi connectivity index (χ0v) is 23.8. The number of benzene rings is 1. The smallest absolute Gasteiger partial charge is 0.326 e. The molecule has 0 aliphatic carbocycles. The lowest BCUT2D eigenvalue weighted by atomic mass is 10.00. The van der Waals surface area contributed by atoms with Crippen LogP contribution in [-0.2, 0) is 30.4 Å². The van der Waals surface area contributed by atoms with Crippen LogP contribution in [0.5, 0.6) is 0 Å². The van der Waals surface area contributed by atoms with Gasteiger partial charge in [-0.25, -0.2) is 4.79 Å². The predicted octanol–water partition coefficient (Wildman–Crippen LogP) is -1.45. The van der Waals surface area contributed by atoms with E-state index in [1.807, 2.05) is 38.1 Å². The van der Waals surface area contributed by atoms with Crippen LogP contribution in [0.1, 0.15) is 45.1 Å². The average Bonchev–Trinajstić information content (AvgIpc) is 3.31. The summed E-state index contributed by atoms with van der Waals surface area (Å²) >= 11 is 0. The molecule has 2 aromatic rings. The van der Waals surface area contributed by atoms with Gasteiger partial charge in [-0.15, -0.1) is 0 Å². The van der Waals surface area contributed by atoms with Crippen LogP contribution >= 0.6 is 0 Å². The first kappa shape index (κ1) is 33.5. The summed E-state index contributed by atoms with van der Waals surface area (Å²) in [6.45, 7) is 3.85. The van der Waals surface area contributed by atoms with Gasteiger partial charge < -0.3 is 49.0 Å². The number of para-hydroxylation sites is 1. The molecule has 13 N–H and O–H groups in total. The number of hydrogen-bond acceptors (Lipinski definition) is 7. The normalized spacial score (nSPS) is 13.9. The number of nitrogens with one attached hydrogen (secondary N) is 4. The van der Waals surface area contributed by atoms with Gasteiger partial charge in [0.2, 0.25) is 23.6 Å². The number of hydrogen-bond donors (Lipinski definition) is 9. The Labute approximate surface area is 243 Å². The first-order chi connectivity index (χ1) is 19.8. The minimum atomic E-state index is -1.27. The number of aliphatic carboxylic acids is 1. The largest absolute Gasteiger partial charge is 0.480 e. The predicted molar refractivity (Wildman–Crippen MR) is 157 cm³/mol. The number of aromatic nitrogens is 1. The number of H-pyrrole nitrogens is 1. The first-order valence-electron chi connectivity index (χ1n) is 13.6. The van der Waals surface area contributed by atoms with E-state index >= 15 is 0 Å². The zero-order valence-electron chi connectivity index (χ0n) is 23.8. The Hall–Kier alpha value is -4.66. The lowest BCUT2D eigenvalue weighted by Gasteiger charge is -2.26. The number of amides is 4. The Morgan fingerprint density at radius 3 is 2.17 bits per heavy atom. The fourth-order valence-electron chi connectivity index (χ4n) is 4.33. The van der Waals surface area contributed by atoms with Gasteiger partial charge in [0.1, 0.15) is 18.1 Å². The highest BCUT2D eigenvalue weighted by molar-refractivity contribution is 5.95. The van der Waals surface area contributed by atoms with Gasteiger partial charge in [0, 0.05) is 30.1 Å². The summed E-state index contributed by atoms with van der Waals surface area (Å²) < 4.78 is 0. The SMILES string of the molecule is CC(C)CC(NC(=O)C(N)CC(N)=O)C(=O)NC(Cc1c[nH]c2ccccc12)C(=O)NC(CCCN=C(N)N)C(=O)O. The van der Waals surface area contributed by atoms with Crippen LogP contribution in [0.3, 0.4) is 0 Å². The molecule has 0 radical (unpaired) electrons. The van der Waals surface area contributed by atoms with Crippen LogP contribution in [-0.4, -0.2) is 76.4 Å². The minimum Gasteiger partial charge on any atom is -0.480 e. The maximum atomic E-state index is 13.5. The molecule has 1 aromatic heterocycles. The van der Waals surface area contributed by atoms with Gasteiger partial charge in [-0.2, -0.15) is 0 Å². The molecule has 1 aromatic carbocycles. The quantitative estimate of drug-likeness (QED) is 0.0594. The third kappa shape index (κ3) is 10.7. The highest BCUT2D eigenvalue weighted by Gasteiger charge is 2.31. The molecular formula is C27H41N9O6. The van der Waals surface area contributed by atoms with Gasteiger partial charge in [-0.3, -0.25) is 24.2 Å². The van der Waals surface area contributed by atoms with Crippen LogP contribution in [0.4, 0.5) is 0 Å². The van der Waals surface area contributed by atoms with E-state index in [2.05, 4.69) is 25.9 Å². The molecule has 0 aliphatic rings. The summed E-state index contributed by atoms with van der Waals surface area (Å²) in [6, 6.07) is 2.55. The molecule has 15 heteroatoms. The standard InChI is InChI=1S/C27H41N9O6/c1-14(2)10-20(35-23(38)17(28)12-22(29)37)24(39)36-21(11-15-13-33-18-7-4-3-6-16(15)18)25(40)34-19(26(41)42)8-5-9-32-27(30)31/h3-4,6-7,13-14,17,19-21,33H,5,8-12,28H2,1-2H3,(H2,29,37)(H,34,40)(H,35,38)(H,36,39)(H,41,42)(H4,30,31,32). The summed E-state index contributed by atoms with van der Waals surface area (Å²) in [5.74, 6) is -4.38. The van der Waals surface area contributed by atoms with Crippen LogP contribution in [0.15, 0.2) is 35.5 Å². The number of carbonyl (C=O) groups excluding carboxylic acids is 4. The molecule has 4 atom stereocenters. The van der Waals surface area contributed by atoms with E-state index < -0.39 is 60.2 Å². The van der Waals surface area contributed by atoms with Crippen LogP contribution in [0, 0.1) is 5.92 Å². The molecule has 4 unspecified atom stereocenters. The second-order valence-electron chi connectivity index (χ2n) is 10.4. The van der Waals surface area contributed by atoms with E-state index in [0.717, 1.165) is 10.9 Å². The molecule has 15 nitrogen and oxygen atoms in total. The summed E-state index contributed by atoms with van der Waals surface area (Å²) in [7, 11) is 0. The van der Waals surface area contributed by atoms with E-state index in [1.165, 1.54) is 0 Å². The third-order valence-electron chi connectivity index (χ3n) is 6.39. The number of primary amides is 1.